The lowest BCUT2D eigenvalue weighted by Gasteiger charge is -2.34. The quantitative estimate of drug-likeness (QED) is 0.914. The number of hydrogen-bond donors (Lipinski definition) is 1. The third-order valence-corrected chi connectivity index (χ3v) is 4.04. The molecule has 2 aromatic heterocycles. The van der Waals surface area contributed by atoms with Crippen LogP contribution in [0, 0.1) is 6.92 Å². The van der Waals surface area contributed by atoms with E-state index in [0.717, 1.165) is 24.5 Å². The number of nitrogens with zero attached hydrogens (tertiary/aromatic N) is 3. The molecule has 3 rings (SSSR count). The Balaban J connectivity index is 1.60. The van der Waals surface area contributed by atoms with Crippen LogP contribution in [0.5, 0.6) is 0 Å². The van der Waals surface area contributed by atoms with Crippen molar-refractivity contribution in [2.45, 2.75) is 26.5 Å². The van der Waals surface area contributed by atoms with Gasteiger partial charge in [-0.25, -0.2) is 4.98 Å². The Morgan fingerprint density at radius 1 is 1.39 bits per heavy atom. The van der Waals surface area contributed by atoms with Crippen molar-refractivity contribution < 1.29 is 18.7 Å². The molecule has 0 bridgehead atoms. The van der Waals surface area contributed by atoms with Crippen LogP contribution < -0.4 is 0 Å². The lowest BCUT2D eigenvalue weighted by Crippen LogP contribution is -2.50. The normalized spacial score (nSPS) is 17.4. The average molecular weight is 319 g/mol. The first-order chi connectivity index (χ1) is 11.0. The number of oxazole rings is 1. The van der Waals surface area contributed by atoms with Crippen molar-refractivity contribution in [1.29, 1.82) is 0 Å². The zero-order valence-electron chi connectivity index (χ0n) is 13.4. The Hall–Kier alpha value is -2.12. The molecule has 23 heavy (non-hydrogen) atoms. The van der Waals surface area contributed by atoms with Crippen LogP contribution in [0.3, 0.4) is 0 Å². The summed E-state index contributed by atoms with van der Waals surface area (Å²) in [5, 5.41) is 9.37. The van der Waals surface area contributed by atoms with Crippen molar-refractivity contribution in [2.24, 2.45) is 0 Å². The van der Waals surface area contributed by atoms with Gasteiger partial charge in [0.1, 0.15) is 11.9 Å². The predicted molar refractivity (Wildman–Crippen MR) is 82.5 cm³/mol. The standard InChI is InChI=1S/C16H21N3O4/c1-11(20)16(21)19-7-5-18(6-8-19)10-13-12(2)23-15(17-13)14-4-3-9-22-14/h3-4,9,11,20H,5-8,10H2,1-2H3. The van der Waals surface area contributed by atoms with Crippen LogP contribution in [-0.4, -0.2) is 58.1 Å². The molecule has 1 N–H and O–H groups in total. The van der Waals surface area contributed by atoms with Gasteiger partial charge < -0.3 is 18.8 Å². The molecular formula is C16H21N3O4. The molecule has 1 aliphatic heterocycles. The van der Waals surface area contributed by atoms with Crippen LogP contribution in [-0.2, 0) is 11.3 Å². The van der Waals surface area contributed by atoms with E-state index in [4.69, 9.17) is 8.83 Å². The van der Waals surface area contributed by atoms with Gasteiger partial charge in [0.25, 0.3) is 11.8 Å². The predicted octanol–water partition coefficient (Wildman–Crippen LogP) is 1.27. The fraction of sp³-hybridized carbons (Fsp3) is 0.500. The highest BCUT2D eigenvalue weighted by atomic mass is 16.4. The van der Waals surface area contributed by atoms with E-state index in [1.807, 2.05) is 13.0 Å². The van der Waals surface area contributed by atoms with E-state index in [1.165, 1.54) is 6.92 Å². The number of aliphatic hydroxyl groups excluding tert-OH is 1. The van der Waals surface area contributed by atoms with Gasteiger partial charge in [0.2, 0.25) is 0 Å². The lowest BCUT2D eigenvalue weighted by molar-refractivity contribution is -0.141. The molecule has 0 spiro atoms. The largest absolute Gasteiger partial charge is 0.459 e. The van der Waals surface area contributed by atoms with E-state index in [0.29, 0.717) is 31.3 Å². The number of amides is 1. The van der Waals surface area contributed by atoms with E-state index in [1.54, 1.807) is 17.2 Å². The van der Waals surface area contributed by atoms with Gasteiger partial charge in [0, 0.05) is 32.7 Å². The molecule has 3 heterocycles. The number of piperazine rings is 1. The fourth-order valence-electron chi connectivity index (χ4n) is 2.68. The second-order valence-corrected chi connectivity index (χ2v) is 5.78. The molecule has 124 valence electrons. The summed E-state index contributed by atoms with van der Waals surface area (Å²) in [4.78, 5) is 20.2. The van der Waals surface area contributed by atoms with Crippen LogP contribution in [0.4, 0.5) is 0 Å². The van der Waals surface area contributed by atoms with Gasteiger partial charge in [-0.15, -0.1) is 0 Å². The number of rotatable bonds is 4. The highest BCUT2D eigenvalue weighted by Gasteiger charge is 2.25. The first-order valence-corrected chi connectivity index (χ1v) is 7.74. The Kier molecular flexibility index (Phi) is 4.49. The van der Waals surface area contributed by atoms with Crippen molar-refractivity contribution in [3.8, 4) is 11.7 Å². The molecule has 7 heteroatoms. The molecule has 1 unspecified atom stereocenters. The summed E-state index contributed by atoms with van der Waals surface area (Å²) in [7, 11) is 0. The molecule has 1 atom stereocenters. The Morgan fingerprint density at radius 2 is 2.13 bits per heavy atom. The molecule has 0 aromatic carbocycles. The van der Waals surface area contributed by atoms with E-state index in [-0.39, 0.29) is 5.91 Å². The smallest absolute Gasteiger partial charge is 0.263 e. The summed E-state index contributed by atoms with van der Waals surface area (Å²) in [6.45, 7) is 6.80. The third-order valence-electron chi connectivity index (χ3n) is 4.04. The Labute approximate surface area is 134 Å². The number of aromatic nitrogens is 1. The monoisotopic (exact) mass is 319 g/mol. The highest BCUT2D eigenvalue weighted by Crippen LogP contribution is 2.23. The maximum atomic E-state index is 11.8. The molecular weight excluding hydrogens is 298 g/mol. The van der Waals surface area contributed by atoms with Gasteiger partial charge in [0.05, 0.1) is 12.0 Å². The summed E-state index contributed by atoms with van der Waals surface area (Å²) < 4.78 is 11.0. The van der Waals surface area contributed by atoms with Crippen LogP contribution in [0.2, 0.25) is 0 Å². The number of carbonyl (C=O) groups is 1. The minimum atomic E-state index is -0.935. The molecule has 1 fully saturated rings. The number of aryl methyl sites for hydroxylation is 1. The molecule has 2 aromatic rings. The summed E-state index contributed by atoms with van der Waals surface area (Å²) in [5.74, 6) is 1.68. The van der Waals surface area contributed by atoms with Gasteiger partial charge in [-0.1, -0.05) is 0 Å². The van der Waals surface area contributed by atoms with Gasteiger partial charge in [-0.3, -0.25) is 9.69 Å². The fourth-order valence-corrected chi connectivity index (χ4v) is 2.68. The number of hydrogen-bond acceptors (Lipinski definition) is 6. The number of furan rings is 1. The van der Waals surface area contributed by atoms with Crippen molar-refractivity contribution in [3.63, 3.8) is 0 Å². The molecule has 1 aliphatic rings. The molecule has 1 saturated heterocycles. The number of carbonyl (C=O) groups excluding carboxylic acids is 1. The summed E-state index contributed by atoms with van der Waals surface area (Å²) in [5.41, 5.74) is 0.881. The van der Waals surface area contributed by atoms with E-state index in [2.05, 4.69) is 9.88 Å². The SMILES string of the molecule is Cc1oc(-c2ccco2)nc1CN1CCN(C(=O)C(C)O)CC1. The van der Waals surface area contributed by atoms with Crippen molar-refractivity contribution in [1.82, 2.24) is 14.8 Å². The lowest BCUT2D eigenvalue weighted by atomic mass is 10.2. The first-order valence-electron chi connectivity index (χ1n) is 7.74. The van der Waals surface area contributed by atoms with Crippen molar-refractivity contribution in [2.75, 3.05) is 26.2 Å². The Morgan fingerprint density at radius 3 is 2.74 bits per heavy atom. The van der Waals surface area contributed by atoms with E-state index in [9.17, 15) is 9.90 Å². The van der Waals surface area contributed by atoms with Crippen LogP contribution in [0.15, 0.2) is 27.2 Å². The molecule has 7 nitrogen and oxygen atoms in total. The van der Waals surface area contributed by atoms with Gasteiger partial charge in [0.15, 0.2) is 5.76 Å². The first kappa shape index (κ1) is 15.8. The van der Waals surface area contributed by atoms with E-state index >= 15 is 0 Å². The average Bonchev–Trinajstić information content (AvgIpc) is 3.18. The summed E-state index contributed by atoms with van der Waals surface area (Å²) >= 11 is 0. The second kappa shape index (κ2) is 6.55. The van der Waals surface area contributed by atoms with Crippen molar-refractivity contribution >= 4 is 5.91 Å². The maximum Gasteiger partial charge on any atom is 0.263 e. The maximum absolute atomic E-state index is 11.8. The second-order valence-electron chi connectivity index (χ2n) is 5.78. The minimum Gasteiger partial charge on any atom is -0.459 e. The van der Waals surface area contributed by atoms with Gasteiger partial charge in [-0.05, 0) is 26.0 Å². The summed E-state index contributed by atoms with van der Waals surface area (Å²) in [6, 6.07) is 3.61. The van der Waals surface area contributed by atoms with Gasteiger partial charge >= 0.3 is 0 Å². The summed E-state index contributed by atoms with van der Waals surface area (Å²) in [6.07, 6.45) is 0.655. The molecule has 0 radical (unpaired) electrons. The topological polar surface area (TPSA) is 83.0 Å². The van der Waals surface area contributed by atoms with Gasteiger partial charge in [-0.2, -0.15) is 0 Å². The van der Waals surface area contributed by atoms with E-state index < -0.39 is 6.10 Å². The number of aliphatic hydroxyl groups is 1. The third kappa shape index (κ3) is 3.46. The van der Waals surface area contributed by atoms with Crippen LogP contribution in [0.1, 0.15) is 18.4 Å². The zero-order chi connectivity index (χ0) is 16.4. The molecule has 1 amide bonds. The highest BCUT2D eigenvalue weighted by molar-refractivity contribution is 5.80. The molecule has 0 aliphatic carbocycles. The van der Waals surface area contributed by atoms with Crippen LogP contribution >= 0.6 is 0 Å². The van der Waals surface area contributed by atoms with Crippen molar-refractivity contribution in [3.05, 3.63) is 29.9 Å². The molecule has 0 saturated carbocycles. The minimum absolute atomic E-state index is 0.206. The Bertz CT molecular complexity index is 655. The zero-order valence-corrected chi connectivity index (χ0v) is 13.4. The van der Waals surface area contributed by atoms with Crippen LogP contribution in [0.25, 0.3) is 11.7 Å².